The minimum Gasteiger partial charge on any atom is -0.456 e. The molecule has 2 aromatic rings. The zero-order valence-electron chi connectivity index (χ0n) is 10.0. The van der Waals surface area contributed by atoms with Crippen LogP contribution in [0.25, 0.3) is 0 Å². The van der Waals surface area contributed by atoms with E-state index in [0.717, 1.165) is 6.07 Å². The highest BCUT2D eigenvalue weighted by atomic mass is 79.9. The van der Waals surface area contributed by atoms with Gasteiger partial charge in [0.2, 0.25) is 0 Å². The Kier molecular flexibility index (Phi) is 4.60. The fourth-order valence-electron chi connectivity index (χ4n) is 1.64. The molecule has 0 fully saturated rings. The van der Waals surface area contributed by atoms with Crippen molar-refractivity contribution in [3.05, 3.63) is 58.6 Å². The highest BCUT2D eigenvalue weighted by Gasteiger charge is 2.34. The molecule has 0 atom stereocenters. The average molecular weight is 366 g/mol. The first-order valence-electron chi connectivity index (χ1n) is 5.60. The summed E-state index contributed by atoms with van der Waals surface area (Å²) in [4.78, 5) is 0. The lowest BCUT2D eigenvalue weighted by molar-refractivity contribution is -0.138. The van der Waals surface area contributed by atoms with Crippen molar-refractivity contribution >= 4 is 27.5 Å². The third-order valence-electron chi connectivity index (χ3n) is 2.59. The average Bonchev–Trinajstić information content (AvgIpc) is 2.38. The topological polar surface area (TPSA) is 9.23 Å². The predicted molar refractivity (Wildman–Crippen MR) is 75.6 cm³/mol. The van der Waals surface area contributed by atoms with Crippen molar-refractivity contribution in [2.75, 3.05) is 0 Å². The van der Waals surface area contributed by atoms with Crippen molar-refractivity contribution in [2.45, 2.75) is 11.5 Å². The predicted octanol–water partition coefficient (Wildman–Crippen LogP) is 6.05. The van der Waals surface area contributed by atoms with Gasteiger partial charge in [0.15, 0.2) is 0 Å². The molecule has 0 spiro atoms. The summed E-state index contributed by atoms with van der Waals surface area (Å²) in [6.45, 7) is 0. The molecule has 0 aliphatic carbocycles. The molecule has 6 heteroatoms. The molecule has 0 N–H and O–H groups in total. The van der Waals surface area contributed by atoms with Gasteiger partial charge in [0.05, 0.1) is 5.56 Å². The minimum atomic E-state index is -4.47. The largest absolute Gasteiger partial charge is 0.456 e. The van der Waals surface area contributed by atoms with Crippen LogP contribution in [0.4, 0.5) is 13.2 Å². The molecule has 0 aliphatic rings. The molecule has 0 aromatic heterocycles. The summed E-state index contributed by atoms with van der Waals surface area (Å²) in [7, 11) is 0. The van der Waals surface area contributed by atoms with Gasteiger partial charge in [-0.05, 0) is 24.3 Å². The fraction of sp³-hybridized carbons (Fsp3) is 0.143. The SMILES string of the molecule is FC(F)(F)c1ccccc1Oc1cc(Cl)ccc1CBr. The Balaban J connectivity index is 2.43. The summed E-state index contributed by atoms with van der Waals surface area (Å²) >= 11 is 9.11. The summed E-state index contributed by atoms with van der Waals surface area (Å²) < 4.78 is 44.1. The lowest BCUT2D eigenvalue weighted by Crippen LogP contribution is -2.07. The van der Waals surface area contributed by atoms with Gasteiger partial charge in [0.25, 0.3) is 0 Å². The second kappa shape index (κ2) is 6.06. The number of para-hydroxylation sites is 1. The van der Waals surface area contributed by atoms with Crippen molar-refractivity contribution < 1.29 is 17.9 Å². The van der Waals surface area contributed by atoms with Gasteiger partial charge in [-0.2, -0.15) is 13.2 Å². The van der Waals surface area contributed by atoms with Crippen molar-refractivity contribution in [1.82, 2.24) is 0 Å². The summed E-state index contributed by atoms with van der Waals surface area (Å²) in [5.74, 6) is 0.0514. The molecule has 0 heterocycles. The molecule has 0 unspecified atom stereocenters. The van der Waals surface area contributed by atoms with Crippen LogP contribution in [-0.4, -0.2) is 0 Å². The molecular formula is C14H9BrClF3O. The Bertz CT molecular complexity index is 614. The molecule has 0 saturated carbocycles. The summed E-state index contributed by atoms with van der Waals surface area (Å²) in [5, 5.41) is 0.849. The van der Waals surface area contributed by atoms with Gasteiger partial charge < -0.3 is 4.74 Å². The lowest BCUT2D eigenvalue weighted by Gasteiger charge is -2.15. The van der Waals surface area contributed by atoms with Crippen LogP contribution in [0, 0.1) is 0 Å². The third kappa shape index (κ3) is 3.46. The number of hydrogen-bond donors (Lipinski definition) is 0. The highest BCUT2D eigenvalue weighted by molar-refractivity contribution is 9.08. The summed E-state index contributed by atoms with van der Waals surface area (Å²) in [6, 6.07) is 9.91. The van der Waals surface area contributed by atoms with E-state index in [1.165, 1.54) is 24.3 Å². The van der Waals surface area contributed by atoms with E-state index in [9.17, 15) is 13.2 Å². The molecule has 0 radical (unpaired) electrons. The van der Waals surface area contributed by atoms with Crippen LogP contribution in [0.1, 0.15) is 11.1 Å². The first kappa shape index (κ1) is 15.2. The van der Waals surface area contributed by atoms with Gasteiger partial charge in [0, 0.05) is 15.9 Å². The van der Waals surface area contributed by atoms with E-state index in [1.807, 2.05) is 0 Å². The first-order valence-corrected chi connectivity index (χ1v) is 7.10. The van der Waals surface area contributed by atoms with E-state index in [-0.39, 0.29) is 5.75 Å². The van der Waals surface area contributed by atoms with Gasteiger partial charge in [-0.15, -0.1) is 0 Å². The number of alkyl halides is 4. The molecule has 0 saturated heterocycles. The fourth-order valence-corrected chi connectivity index (χ4v) is 2.27. The first-order chi connectivity index (χ1) is 9.41. The van der Waals surface area contributed by atoms with Crippen LogP contribution in [-0.2, 0) is 11.5 Å². The Morgan fingerprint density at radius 2 is 1.75 bits per heavy atom. The number of hydrogen-bond acceptors (Lipinski definition) is 1. The maximum Gasteiger partial charge on any atom is 0.419 e. The van der Waals surface area contributed by atoms with Gasteiger partial charge in [0.1, 0.15) is 11.5 Å². The van der Waals surface area contributed by atoms with Gasteiger partial charge >= 0.3 is 6.18 Å². The number of benzene rings is 2. The zero-order chi connectivity index (χ0) is 14.8. The van der Waals surface area contributed by atoms with E-state index < -0.39 is 11.7 Å². The summed E-state index contributed by atoms with van der Waals surface area (Å²) in [6.07, 6.45) is -4.47. The normalized spacial score (nSPS) is 11.4. The molecule has 0 amide bonds. The van der Waals surface area contributed by atoms with Gasteiger partial charge in [-0.3, -0.25) is 0 Å². The Morgan fingerprint density at radius 3 is 2.40 bits per heavy atom. The molecule has 2 aromatic carbocycles. The number of halogens is 5. The van der Waals surface area contributed by atoms with E-state index in [2.05, 4.69) is 15.9 Å². The van der Waals surface area contributed by atoms with Crippen LogP contribution in [0.3, 0.4) is 0 Å². The van der Waals surface area contributed by atoms with Crippen LogP contribution in [0.15, 0.2) is 42.5 Å². The maximum atomic E-state index is 12.9. The van der Waals surface area contributed by atoms with Crippen molar-refractivity contribution in [2.24, 2.45) is 0 Å². The molecule has 20 heavy (non-hydrogen) atoms. The Morgan fingerprint density at radius 1 is 1.05 bits per heavy atom. The smallest absolute Gasteiger partial charge is 0.419 e. The van der Waals surface area contributed by atoms with E-state index in [1.54, 1.807) is 12.1 Å². The lowest BCUT2D eigenvalue weighted by atomic mass is 10.2. The van der Waals surface area contributed by atoms with E-state index >= 15 is 0 Å². The maximum absolute atomic E-state index is 12.9. The molecule has 2 rings (SSSR count). The van der Waals surface area contributed by atoms with E-state index in [4.69, 9.17) is 16.3 Å². The highest BCUT2D eigenvalue weighted by Crippen LogP contribution is 2.39. The molecule has 106 valence electrons. The minimum absolute atomic E-state index is 0.246. The van der Waals surface area contributed by atoms with Crippen molar-refractivity contribution in [3.8, 4) is 11.5 Å². The Hall–Kier alpha value is -1.20. The second-order valence-electron chi connectivity index (χ2n) is 3.98. The molecule has 1 nitrogen and oxygen atoms in total. The number of ether oxygens (including phenoxy) is 1. The Labute approximate surface area is 127 Å². The van der Waals surface area contributed by atoms with Gasteiger partial charge in [-0.1, -0.05) is 45.7 Å². The molecule has 0 bridgehead atoms. The standard InChI is InChI=1S/C14H9BrClF3O/c15-8-9-5-6-10(16)7-13(9)20-12-4-2-1-3-11(12)14(17,18)19/h1-7H,8H2. The van der Waals surface area contributed by atoms with Crippen LogP contribution in [0.5, 0.6) is 11.5 Å². The monoisotopic (exact) mass is 364 g/mol. The number of rotatable bonds is 3. The third-order valence-corrected chi connectivity index (χ3v) is 3.42. The zero-order valence-corrected chi connectivity index (χ0v) is 12.4. The quantitative estimate of drug-likeness (QED) is 0.602. The molecule has 0 aliphatic heterocycles. The van der Waals surface area contributed by atoms with Crippen LogP contribution >= 0.6 is 27.5 Å². The van der Waals surface area contributed by atoms with Crippen LogP contribution < -0.4 is 4.74 Å². The van der Waals surface area contributed by atoms with Crippen molar-refractivity contribution in [1.29, 1.82) is 0 Å². The second-order valence-corrected chi connectivity index (χ2v) is 4.98. The summed E-state index contributed by atoms with van der Waals surface area (Å²) in [5.41, 5.74) is -0.105. The molecular weight excluding hydrogens is 357 g/mol. The van der Waals surface area contributed by atoms with Gasteiger partial charge in [-0.25, -0.2) is 0 Å². The van der Waals surface area contributed by atoms with E-state index in [0.29, 0.717) is 21.7 Å². The van der Waals surface area contributed by atoms with Crippen LogP contribution in [0.2, 0.25) is 5.02 Å². The van der Waals surface area contributed by atoms with Crippen molar-refractivity contribution in [3.63, 3.8) is 0 Å².